The maximum Gasteiger partial charge on any atom is 0.387 e. The summed E-state index contributed by atoms with van der Waals surface area (Å²) < 4.78 is 39.6. The monoisotopic (exact) mass is 393 g/mol. The highest BCUT2D eigenvalue weighted by Gasteiger charge is 2.39. The number of benzene rings is 1. The van der Waals surface area contributed by atoms with Crippen molar-refractivity contribution < 1.29 is 32.6 Å². The summed E-state index contributed by atoms with van der Waals surface area (Å²) in [5, 5.41) is 0. The Bertz CT molecular complexity index is 644. The lowest BCUT2D eigenvalue weighted by Crippen LogP contribution is -2.39. The second-order valence-corrected chi connectivity index (χ2v) is 5.66. The van der Waals surface area contributed by atoms with Crippen molar-refractivity contribution in [1.82, 2.24) is 4.90 Å². The van der Waals surface area contributed by atoms with Gasteiger partial charge < -0.3 is 19.1 Å². The molecule has 0 bridgehead atoms. The van der Waals surface area contributed by atoms with E-state index in [0.29, 0.717) is 13.0 Å². The Hall–Kier alpha value is -2.09. The molecule has 1 amide bonds. The Morgan fingerprint density at radius 1 is 1.31 bits per heavy atom. The van der Waals surface area contributed by atoms with Crippen LogP contribution >= 0.6 is 12.4 Å². The van der Waals surface area contributed by atoms with Crippen molar-refractivity contribution in [3.05, 3.63) is 23.8 Å². The zero-order chi connectivity index (χ0) is 18.6. The van der Waals surface area contributed by atoms with Crippen molar-refractivity contribution in [1.29, 1.82) is 0 Å². The molecule has 2 atom stereocenters. The van der Waals surface area contributed by atoms with E-state index in [4.69, 9.17) is 9.47 Å². The summed E-state index contributed by atoms with van der Waals surface area (Å²) in [6.45, 7) is 0.810. The van der Waals surface area contributed by atoms with Gasteiger partial charge in [0.2, 0.25) is 5.91 Å². The molecule has 1 aliphatic heterocycles. The first-order valence-electron chi connectivity index (χ1n) is 7.93. The van der Waals surface area contributed by atoms with E-state index in [1.807, 2.05) is 0 Å². The van der Waals surface area contributed by atoms with E-state index in [2.05, 4.69) is 4.74 Å². The van der Waals surface area contributed by atoms with Crippen LogP contribution in [0.5, 0.6) is 11.5 Å². The molecule has 0 saturated carbocycles. The zero-order valence-corrected chi connectivity index (χ0v) is 15.6. The number of likely N-dealkylation sites (tertiary alicyclic amines) is 1. The van der Waals surface area contributed by atoms with Crippen LogP contribution in [-0.4, -0.2) is 49.7 Å². The first kappa shape index (κ1) is 22.0. The van der Waals surface area contributed by atoms with Gasteiger partial charge in [0.25, 0.3) is 0 Å². The van der Waals surface area contributed by atoms with Crippen LogP contribution in [0.1, 0.15) is 31.7 Å². The zero-order valence-electron chi connectivity index (χ0n) is 14.7. The van der Waals surface area contributed by atoms with E-state index in [0.717, 1.165) is 5.56 Å². The number of amides is 1. The summed E-state index contributed by atoms with van der Waals surface area (Å²) in [4.78, 5) is 25.2. The fourth-order valence-electron chi connectivity index (χ4n) is 3.03. The van der Waals surface area contributed by atoms with E-state index < -0.39 is 18.6 Å². The summed E-state index contributed by atoms with van der Waals surface area (Å²) >= 11 is 0. The van der Waals surface area contributed by atoms with Gasteiger partial charge in [-0.3, -0.25) is 4.79 Å². The number of hydrogen-bond acceptors (Lipinski definition) is 5. The summed E-state index contributed by atoms with van der Waals surface area (Å²) in [6.07, 6.45) is 0.396. The second kappa shape index (κ2) is 9.56. The highest BCUT2D eigenvalue weighted by Crippen LogP contribution is 2.37. The van der Waals surface area contributed by atoms with Gasteiger partial charge >= 0.3 is 12.6 Å². The molecule has 2 rings (SSSR count). The van der Waals surface area contributed by atoms with E-state index in [1.165, 1.54) is 25.0 Å². The van der Waals surface area contributed by atoms with Gasteiger partial charge in [-0.15, -0.1) is 12.4 Å². The molecule has 26 heavy (non-hydrogen) atoms. The molecule has 146 valence electrons. The molecule has 0 N–H and O–H groups in total. The first-order chi connectivity index (χ1) is 11.9. The first-order valence-corrected chi connectivity index (χ1v) is 7.93. The predicted molar refractivity (Wildman–Crippen MR) is 92.0 cm³/mol. The number of ether oxygens (including phenoxy) is 3. The molecule has 1 heterocycles. The third-order valence-corrected chi connectivity index (χ3v) is 4.13. The van der Waals surface area contributed by atoms with Crippen molar-refractivity contribution in [2.75, 3.05) is 20.3 Å². The number of halogens is 3. The van der Waals surface area contributed by atoms with Crippen molar-refractivity contribution >= 4 is 24.3 Å². The maximum atomic E-state index is 12.5. The number of methoxy groups -OCH3 is 1. The minimum absolute atomic E-state index is 0. The molecule has 0 spiro atoms. The quantitative estimate of drug-likeness (QED) is 0.695. The van der Waals surface area contributed by atoms with Gasteiger partial charge in [0.05, 0.1) is 13.7 Å². The molecular formula is C17H22ClF2NO5. The number of alkyl halides is 2. The predicted octanol–water partition coefficient (Wildman–Crippen LogP) is 2.99. The molecule has 1 aromatic carbocycles. The highest BCUT2D eigenvalue weighted by atomic mass is 35.5. The lowest BCUT2D eigenvalue weighted by Gasteiger charge is -2.20. The standard InChI is InChI=1S/C17H21F2NO5.ClH/c1-4-24-15-8-11(5-6-14(15)25-17(18)19)12-7-13(16(22)23-3)20(9-12)10(2)21;/h5-6,8,12-13,17H,4,7,9H2,1-3H3;1H. The lowest BCUT2D eigenvalue weighted by molar-refractivity contribution is -0.150. The fraction of sp³-hybridized carbons (Fsp3) is 0.529. The van der Waals surface area contributed by atoms with Gasteiger partial charge in [-0.25, -0.2) is 4.79 Å². The topological polar surface area (TPSA) is 65.1 Å². The molecule has 1 fully saturated rings. The van der Waals surface area contributed by atoms with Crippen LogP contribution in [0, 0.1) is 0 Å². The number of esters is 1. The smallest absolute Gasteiger partial charge is 0.387 e. The van der Waals surface area contributed by atoms with Crippen molar-refractivity contribution in [2.45, 2.75) is 38.8 Å². The molecule has 9 heteroatoms. The van der Waals surface area contributed by atoms with Crippen LogP contribution in [0.4, 0.5) is 8.78 Å². The van der Waals surface area contributed by atoms with Crippen LogP contribution in [0.2, 0.25) is 0 Å². The molecule has 1 aromatic rings. The van der Waals surface area contributed by atoms with Crippen LogP contribution in [0.15, 0.2) is 18.2 Å². The lowest BCUT2D eigenvalue weighted by atomic mass is 9.96. The number of nitrogens with zero attached hydrogens (tertiary/aromatic N) is 1. The molecule has 6 nitrogen and oxygen atoms in total. The Kier molecular flexibility index (Phi) is 8.08. The van der Waals surface area contributed by atoms with Gasteiger partial charge in [0.15, 0.2) is 11.5 Å². The number of rotatable bonds is 6. The molecule has 1 aliphatic rings. The normalized spacial score (nSPS) is 19.1. The molecule has 2 unspecified atom stereocenters. The molecular weight excluding hydrogens is 372 g/mol. The van der Waals surface area contributed by atoms with E-state index in [9.17, 15) is 18.4 Å². The number of carbonyl (C=O) groups excluding carboxylic acids is 2. The number of hydrogen-bond donors (Lipinski definition) is 0. The van der Waals surface area contributed by atoms with Gasteiger partial charge in [0, 0.05) is 19.4 Å². The Morgan fingerprint density at radius 2 is 2.00 bits per heavy atom. The Labute approximate surface area is 156 Å². The van der Waals surface area contributed by atoms with Crippen LogP contribution in [-0.2, 0) is 14.3 Å². The average molecular weight is 394 g/mol. The third kappa shape index (κ3) is 4.97. The van der Waals surface area contributed by atoms with Crippen LogP contribution < -0.4 is 9.47 Å². The second-order valence-electron chi connectivity index (χ2n) is 5.66. The Balaban J connectivity index is 0.00000338. The van der Waals surface area contributed by atoms with Gasteiger partial charge in [0.1, 0.15) is 6.04 Å². The van der Waals surface area contributed by atoms with E-state index in [-0.39, 0.29) is 42.3 Å². The van der Waals surface area contributed by atoms with Crippen LogP contribution in [0.25, 0.3) is 0 Å². The highest BCUT2D eigenvalue weighted by molar-refractivity contribution is 5.85. The van der Waals surface area contributed by atoms with Crippen LogP contribution in [0.3, 0.4) is 0 Å². The SMILES string of the molecule is CCOc1cc(C2CC(C(=O)OC)N(C(C)=O)C2)ccc1OC(F)F.Cl. The molecule has 0 aromatic heterocycles. The minimum Gasteiger partial charge on any atom is -0.490 e. The van der Waals surface area contributed by atoms with Crippen molar-refractivity contribution in [3.63, 3.8) is 0 Å². The summed E-state index contributed by atoms with van der Waals surface area (Å²) in [5.41, 5.74) is 0.780. The van der Waals surface area contributed by atoms with Crippen molar-refractivity contribution in [3.8, 4) is 11.5 Å². The summed E-state index contributed by atoms with van der Waals surface area (Å²) in [6, 6.07) is 4.02. The van der Waals surface area contributed by atoms with Gasteiger partial charge in [-0.2, -0.15) is 8.78 Å². The Morgan fingerprint density at radius 3 is 2.54 bits per heavy atom. The summed E-state index contributed by atoms with van der Waals surface area (Å²) in [5.74, 6) is -0.670. The van der Waals surface area contributed by atoms with Gasteiger partial charge in [-0.05, 0) is 31.0 Å². The van der Waals surface area contributed by atoms with E-state index in [1.54, 1.807) is 19.1 Å². The minimum atomic E-state index is -2.95. The average Bonchev–Trinajstić information content (AvgIpc) is 3.01. The maximum absolute atomic E-state index is 12.5. The number of carbonyl (C=O) groups is 2. The molecule has 0 radical (unpaired) electrons. The van der Waals surface area contributed by atoms with E-state index >= 15 is 0 Å². The molecule has 0 aliphatic carbocycles. The fourth-order valence-corrected chi connectivity index (χ4v) is 3.03. The third-order valence-electron chi connectivity index (χ3n) is 4.13. The largest absolute Gasteiger partial charge is 0.490 e. The molecule has 1 saturated heterocycles. The van der Waals surface area contributed by atoms with Gasteiger partial charge in [-0.1, -0.05) is 6.07 Å². The van der Waals surface area contributed by atoms with Crippen molar-refractivity contribution in [2.24, 2.45) is 0 Å². The summed E-state index contributed by atoms with van der Waals surface area (Å²) in [7, 11) is 1.28.